The summed E-state index contributed by atoms with van der Waals surface area (Å²) in [5, 5.41) is 12.0. The number of aliphatic hydroxyl groups excluding tert-OH is 1. The fourth-order valence-corrected chi connectivity index (χ4v) is 5.18. The standard InChI is InChI=1S/C25H26F4N6O3/c1-13(34-5-4-25(28,29)17(10-34)18-9-30-24(38)19(12-36)31-18)23(37)33-21-11-35-20(2-3-22(35)32-21)14-6-15(26)8-16(27)7-14/h6-9,11,13,17,20,36H,2-5,10,12H2,1H3,(H,30,38)(H,33,37)/t13-,17?,20+/m0/s1. The summed E-state index contributed by atoms with van der Waals surface area (Å²) in [5.41, 5.74) is -0.517. The van der Waals surface area contributed by atoms with Crippen LogP contribution in [0.25, 0.3) is 0 Å². The average Bonchev–Trinajstić information content (AvgIpc) is 3.43. The van der Waals surface area contributed by atoms with Gasteiger partial charge in [-0.2, -0.15) is 0 Å². The highest BCUT2D eigenvalue weighted by Crippen LogP contribution is 2.40. The molecule has 0 bridgehead atoms. The number of nitrogens with zero attached hydrogens (tertiary/aromatic N) is 4. The Bertz CT molecular complexity index is 1400. The van der Waals surface area contributed by atoms with Crippen molar-refractivity contribution >= 4 is 11.7 Å². The van der Waals surface area contributed by atoms with Crippen LogP contribution in [0.4, 0.5) is 23.4 Å². The highest BCUT2D eigenvalue weighted by molar-refractivity contribution is 5.93. The first-order valence-electron chi connectivity index (χ1n) is 12.2. The minimum Gasteiger partial charge on any atom is -0.390 e. The minimum absolute atomic E-state index is 0.0405. The summed E-state index contributed by atoms with van der Waals surface area (Å²) in [5.74, 6) is -5.41. The Morgan fingerprint density at radius 3 is 2.71 bits per heavy atom. The molecule has 202 valence electrons. The van der Waals surface area contributed by atoms with Gasteiger partial charge in [-0.05, 0) is 31.0 Å². The van der Waals surface area contributed by atoms with Gasteiger partial charge in [0.05, 0.1) is 30.3 Å². The monoisotopic (exact) mass is 534 g/mol. The van der Waals surface area contributed by atoms with Gasteiger partial charge in [-0.15, -0.1) is 0 Å². The number of imidazole rings is 1. The van der Waals surface area contributed by atoms with Gasteiger partial charge in [-0.25, -0.2) is 27.5 Å². The van der Waals surface area contributed by atoms with Gasteiger partial charge in [0.15, 0.2) is 5.82 Å². The number of anilines is 1. The maximum atomic E-state index is 14.8. The topological polar surface area (TPSA) is 116 Å². The number of alkyl halides is 2. The van der Waals surface area contributed by atoms with Crippen LogP contribution >= 0.6 is 0 Å². The molecule has 1 amide bonds. The minimum atomic E-state index is -3.12. The number of rotatable bonds is 6. The Hall–Kier alpha value is -3.58. The lowest BCUT2D eigenvalue weighted by atomic mass is 9.89. The molecule has 0 radical (unpaired) electrons. The first kappa shape index (κ1) is 26.0. The van der Waals surface area contributed by atoms with Gasteiger partial charge in [0.1, 0.15) is 23.2 Å². The van der Waals surface area contributed by atoms with Gasteiger partial charge in [0.2, 0.25) is 5.91 Å². The number of hydrogen-bond acceptors (Lipinski definition) is 6. The predicted octanol–water partition coefficient (Wildman–Crippen LogP) is 2.72. The van der Waals surface area contributed by atoms with Crippen LogP contribution in [0.3, 0.4) is 0 Å². The first-order valence-corrected chi connectivity index (χ1v) is 12.2. The van der Waals surface area contributed by atoms with E-state index < -0.39 is 54.0 Å². The lowest BCUT2D eigenvalue weighted by molar-refractivity contribution is -0.125. The van der Waals surface area contributed by atoms with E-state index in [0.717, 1.165) is 12.3 Å². The van der Waals surface area contributed by atoms with Crippen LogP contribution in [-0.4, -0.2) is 60.5 Å². The molecule has 1 unspecified atom stereocenters. The second kappa shape index (κ2) is 9.95. The number of hydrogen-bond donors (Lipinski definition) is 3. The number of carbonyl (C=O) groups is 1. The third-order valence-electron chi connectivity index (χ3n) is 7.28. The second-order valence-corrected chi connectivity index (χ2v) is 9.69. The first-order chi connectivity index (χ1) is 18.1. The van der Waals surface area contributed by atoms with Crippen molar-refractivity contribution in [1.29, 1.82) is 0 Å². The molecule has 2 aromatic heterocycles. The molecular formula is C25H26F4N6O3. The number of likely N-dealkylation sites (tertiary alicyclic amines) is 1. The van der Waals surface area contributed by atoms with Gasteiger partial charge < -0.3 is 20.0 Å². The number of aromatic amines is 1. The van der Waals surface area contributed by atoms with Crippen LogP contribution in [0.5, 0.6) is 0 Å². The van der Waals surface area contributed by atoms with E-state index in [0.29, 0.717) is 24.2 Å². The summed E-state index contributed by atoms with van der Waals surface area (Å²) in [6, 6.07) is 2.22. The number of aromatic nitrogens is 4. The normalized spacial score (nSPS) is 21.7. The van der Waals surface area contributed by atoms with Gasteiger partial charge in [-0.1, -0.05) is 0 Å². The zero-order valence-electron chi connectivity index (χ0n) is 20.4. The molecule has 1 fully saturated rings. The molecule has 2 aliphatic heterocycles. The molecule has 4 heterocycles. The third-order valence-corrected chi connectivity index (χ3v) is 7.28. The van der Waals surface area contributed by atoms with Gasteiger partial charge >= 0.3 is 0 Å². The number of amides is 1. The Kier molecular flexibility index (Phi) is 6.82. The molecule has 0 saturated carbocycles. The smallest absolute Gasteiger partial charge is 0.272 e. The predicted molar refractivity (Wildman–Crippen MR) is 128 cm³/mol. The van der Waals surface area contributed by atoms with Crippen LogP contribution < -0.4 is 10.9 Å². The molecule has 38 heavy (non-hydrogen) atoms. The van der Waals surface area contributed by atoms with Crippen molar-refractivity contribution in [3.8, 4) is 0 Å². The molecule has 3 atom stereocenters. The average molecular weight is 535 g/mol. The van der Waals surface area contributed by atoms with Crippen molar-refractivity contribution in [1.82, 2.24) is 24.4 Å². The van der Waals surface area contributed by atoms with Crippen LogP contribution in [0.1, 0.15) is 54.5 Å². The zero-order chi connectivity index (χ0) is 27.2. The van der Waals surface area contributed by atoms with E-state index in [1.54, 1.807) is 22.6 Å². The van der Waals surface area contributed by atoms with Crippen molar-refractivity contribution in [2.24, 2.45) is 0 Å². The van der Waals surface area contributed by atoms with E-state index in [9.17, 15) is 32.3 Å². The van der Waals surface area contributed by atoms with Crippen LogP contribution in [0.15, 0.2) is 35.4 Å². The zero-order valence-corrected chi connectivity index (χ0v) is 20.4. The maximum Gasteiger partial charge on any atom is 0.272 e. The van der Waals surface area contributed by atoms with E-state index in [1.807, 2.05) is 0 Å². The summed E-state index contributed by atoms with van der Waals surface area (Å²) < 4.78 is 58.9. The van der Waals surface area contributed by atoms with E-state index >= 15 is 0 Å². The SMILES string of the molecule is C[C@@H](C(=O)Nc1cn2c(n1)CC[C@@H]2c1cc(F)cc(F)c1)N1CCC(F)(F)C(c2c[nH]c(=O)c(CO)n2)C1. The summed E-state index contributed by atoms with van der Waals surface area (Å²) in [7, 11) is 0. The fraction of sp³-hybridized carbons (Fsp3) is 0.440. The number of H-pyrrole nitrogens is 1. The van der Waals surface area contributed by atoms with Gasteiger partial charge in [0.25, 0.3) is 11.5 Å². The van der Waals surface area contributed by atoms with Crippen molar-refractivity contribution in [3.63, 3.8) is 0 Å². The number of piperidine rings is 1. The molecule has 3 aromatic rings. The number of carbonyl (C=O) groups excluding carboxylic acids is 1. The Balaban J connectivity index is 1.30. The van der Waals surface area contributed by atoms with Crippen LogP contribution in [-0.2, 0) is 17.8 Å². The van der Waals surface area contributed by atoms with Crippen LogP contribution in [0.2, 0.25) is 0 Å². The van der Waals surface area contributed by atoms with Crippen molar-refractivity contribution in [2.75, 3.05) is 18.4 Å². The molecule has 3 N–H and O–H groups in total. The third kappa shape index (κ3) is 4.95. The molecule has 2 aliphatic rings. The summed E-state index contributed by atoms with van der Waals surface area (Å²) >= 11 is 0. The highest BCUT2D eigenvalue weighted by atomic mass is 19.3. The largest absolute Gasteiger partial charge is 0.390 e. The number of benzene rings is 1. The number of fused-ring (bicyclic) bond motifs is 1. The summed E-state index contributed by atoms with van der Waals surface area (Å²) in [4.78, 5) is 37.0. The quantitative estimate of drug-likeness (QED) is 0.419. The number of aliphatic hydroxyl groups is 1. The molecule has 9 nitrogen and oxygen atoms in total. The molecule has 1 aromatic carbocycles. The summed E-state index contributed by atoms with van der Waals surface area (Å²) in [6.07, 6.45) is 3.36. The van der Waals surface area contributed by atoms with Gasteiger partial charge in [-0.3, -0.25) is 14.5 Å². The van der Waals surface area contributed by atoms with E-state index in [2.05, 4.69) is 20.3 Å². The lowest BCUT2D eigenvalue weighted by Gasteiger charge is -2.40. The maximum absolute atomic E-state index is 14.8. The molecule has 1 saturated heterocycles. The Morgan fingerprint density at radius 2 is 2.00 bits per heavy atom. The Morgan fingerprint density at radius 1 is 1.26 bits per heavy atom. The number of aryl methyl sites for hydroxylation is 1. The van der Waals surface area contributed by atoms with E-state index in [1.165, 1.54) is 12.1 Å². The molecule has 0 aliphatic carbocycles. The van der Waals surface area contributed by atoms with Crippen molar-refractivity contribution in [3.05, 3.63) is 75.4 Å². The molecule has 13 heteroatoms. The lowest BCUT2D eigenvalue weighted by Crippen LogP contribution is -2.52. The summed E-state index contributed by atoms with van der Waals surface area (Å²) in [6.45, 7) is 0.671. The van der Waals surface area contributed by atoms with Crippen molar-refractivity contribution < 1.29 is 27.5 Å². The van der Waals surface area contributed by atoms with Crippen molar-refractivity contribution in [2.45, 2.75) is 56.7 Å². The number of nitrogens with one attached hydrogen (secondary N) is 2. The van der Waals surface area contributed by atoms with Gasteiger partial charge in [0, 0.05) is 44.4 Å². The fourth-order valence-electron chi connectivity index (χ4n) is 5.18. The van der Waals surface area contributed by atoms with E-state index in [-0.39, 0.29) is 36.3 Å². The van der Waals surface area contributed by atoms with Crippen LogP contribution in [0, 0.1) is 11.6 Å². The Labute approximate surface area is 214 Å². The highest BCUT2D eigenvalue weighted by Gasteiger charge is 2.47. The molecule has 5 rings (SSSR count). The van der Waals surface area contributed by atoms with E-state index in [4.69, 9.17) is 0 Å². The molecular weight excluding hydrogens is 508 g/mol. The number of halogens is 4. The molecule has 0 spiro atoms. The second-order valence-electron chi connectivity index (χ2n) is 9.69.